The van der Waals surface area contributed by atoms with Crippen LogP contribution in [0.5, 0.6) is 0 Å². The number of benzene rings is 3. The van der Waals surface area contributed by atoms with E-state index in [1.54, 1.807) is 54.7 Å². The number of anilines is 2. The third kappa shape index (κ3) is 4.32. The van der Waals surface area contributed by atoms with Crippen molar-refractivity contribution in [1.29, 1.82) is 0 Å². The number of nitrogens with one attached hydrogen (secondary N) is 1. The van der Waals surface area contributed by atoms with Crippen LogP contribution in [0.15, 0.2) is 84.2 Å². The average Bonchev–Trinajstić information content (AvgIpc) is 3.30. The van der Waals surface area contributed by atoms with Gasteiger partial charge in [-0.15, -0.1) is 11.3 Å². The van der Waals surface area contributed by atoms with Gasteiger partial charge in [0.1, 0.15) is 0 Å². The van der Waals surface area contributed by atoms with Crippen molar-refractivity contribution in [2.75, 3.05) is 11.1 Å². The van der Waals surface area contributed by atoms with Crippen LogP contribution >= 0.6 is 18.7 Å². The van der Waals surface area contributed by atoms with Crippen molar-refractivity contribution >= 4 is 46.6 Å². The first kappa shape index (κ1) is 21.1. The molecule has 1 heterocycles. The molecule has 0 aliphatic carbocycles. The Morgan fingerprint density at radius 3 is 2.42 bits per heavy atom. The van der Waals surface area contributed by atoms with Gasteiger partial charge in [0.05, 0.1) is 11.4 Å². The van der Waals surface area contributed by atoms with Gasteiger partial charge in [0.15, 0.2) is 0 Å². The van der Waals surface area contributed by atoms with Crippen LogP contribution in [0.25, 0.3) is 10.4 Å². The summed E-state index contributed by atoms with van der Waals surface area (Å²) in [7, 11) is -3.74. The quantitative estimate of drug-likeness (QED) is 0.303. The molecule has 0 saturated heterocycles. The van der Waals surface area contributed by atoms with Crippen molar-refractivity contribution in [3.63, 3.8) is 0 Å². The highest BCUT2D eigenvalue weighted by atomic mass is 32.1. The second-order valence-corrected chi connectivity index (χ2v) is 10.2. The number of hydrogen-bond acceptors (Lipinski definition) is 4. The van der Waals surface area contributed by atoms with E-state index in [9.17, 15) is 14.3 Å². The molecule has 4 rings (SSSR count). The summed E-state index contributed by atoms with van der Waals surface area (Å²) in [6.45, 7) is 1.80. The topological polar surface area (TPSA) is 92.4 Å². The molecule has 7 heteroatoms. The Hall–Kier alpha value is -3.18. The zero-order valence-electron chi connectivity index (χ0n) is 16.8. The van der Waals surface area contributed by atoms with E-state index in [0.717, 1.165) is 16.0 Å². The summed E-state index contributed by atoms with van der Waals surface area (Å²) >= 11 is 1.61. The van der Waals surface area contributed by atoms with Crippen molar-refractivity contribution < 1.29 is 14.3 Å². The van der Waals surface area contributed by atoms with E-state index < -0.39 is 7.37 Å². The number of aryl methyl sites for hydroxylation is 1. The van der Waals surface area contributed by atoms with Gasteiger partial charge in [-0.1, -0.05) is 30.3 Å². The third-order valence-electron chi connectivity index (χ3n) is 5.03. The number of nitrogens with two attached hydrogens (primary N) is 1. The van der Waals surface area contributed by atoms with Crippen molar-refractivity contribution in [3.8, 4) is 10.4 Å². The minimum atomic E-state index is -3.74. The highest BCUT2D eigenvalue weighted by molar-refractivity contribution is 7.73. The molecule has 31 heavy (non-hydrogen) atoms. The molecule has 1 unspecified atom stereocenters. The fourth-order valence-electron chi connectivity index (χ4n) is 3.31. The first-order chi connectivity index (χ1) is 14.9. The number of carbonyl (C=O) groups excluding carboxylic acids is 1. The van der Waals surface area contributed by atoms with Gasteiger partial charge in [-0.3, -0.25) is 9.36 Å². The second kappa shape index (κ2) is 8.52. The zero-order chi connectivity index (χ0) is 22.0. The molecule has 0 radical (unpaired) electrons. The highest BCUT2D eigenvalue weighted by Crippen LogP contribution is 2.39. The number of nitrogen functional groups attached to an aromatic ring is 1. The second-order valence-electron chi connectivity index (χ2n) is 7.14. The molecule has 0 aliphatic heterocycles. The van der Waals surface area contributed by atoms with Crippen molar-refractivity contribution in [3.05, 3.63) is 95.4 Å². The average molecular weight is 448 g/mol. The van der Waals surface area contributed by atoms with Crippen LogP contribution in [0.2, 0.25) is 0 Å². The number of rotatable bonds is 5. The van der Waals surface area contributed by atoms with E-state index in [-0.39, 0.29) is 11.2 Å². The standard InChI is InChI=1S/C24H21N2O3PS/c1-16-5-2-3-6-22(16)30(28,29)19-11-8-17(9-12-19)24(27)26-21-15-18(10-13-20(21)25)23-7-4-14-31-23/h2-15H,25H2,1H3,(H,26,27)(H,28,29). The molecule has 0 spiro atoms. The highest BCUT2D eigenvalue weighted by Gasteiger charge is 2.26. The lowest BCUT2D eigenvalue weighted by Crippen LogP contribution is -2.19. The lowest BCUT2D eigenvalue weighted by atomic mass is 10.1. The summed E-state index contributed by atoms with van der Waals surface area (Å²) in [6.07, 6.45) is 0. The van der Waals surface area contributed by atoms with Crippen molar-refractivity contribution in [2.24, 2.45) is 0 Å². The van der Waals surface area contributed by atoms with Crippen molar-refractivity contribution in [1.82, 2.24) is 0 Å². The van der Waals surface area contributed by atoms with Crippen LogP contribution in [-0.2, 0) is 4.57 Å². The zero-order valence-corrected chi connectivity index (χ0v) is 18.5. The molecule has 1 atom stereocenters. The van der Waals surface area contributed by atoms with Gasteiger partial charge in [0, 0.05) is 21.0 Å². The Morgan fingerprint density at radius 2 is 1.74 bits per heavy atom. The fourth-order valence-corrected chi connectivity index (χ4v) is 5.71. The summed E-state index contributed by atoms with van der Waals surface area (Å²) in [5, 5.41) is 5.49. The van der Waals surface area contributed by atoms with Crippen LogP contribution in [0.1, 0.15) is 15.9 Å². The SMILES string of the molecule is Cc1ccccc1P(=O)(O)c1ccc(C(=O)Nc2cc(-c3cccs3)ccc2N)cc1. The van der Waals surface area contributed by atoms with Crippen LogP contribution in [-0.4, -0.2) is 10.8 Å². The minimum absolute atomic E-state index is 0.276. The summed E-state index contributed by atoms with van der Waals surface area (Å²) < 4.78 is 13.0. The molecule has 1 amide bonds. The number of thiophene rings is 1. The predicted molar refractivity (Wildman–Crippen MR) is 129 cm³/mol. The van der Waals surface area contributed by atoms with Crippen LogP contribution < -0.4 is 21.7 Å². The van der Waals surface area contributed by atoms with Crippen LogP contribution in [0.3, 0.4) is 0 Å². The largest absolute Gasteiger partial charge is 0.397 e. The van der Waals surface area contributed by atoms with Gasteiger partial charge in [-0.2, -0.15) is 0 Å². The van der Waals surface area contributed by atoms with E-state index >= 15 is 0 Å². The Morgan fingerprint density at radius 1 is 1.00 bits per heavy atom. The molecule has 3 aromatic carbocycles. The molecule has 0 saturated carbocycles. The normalized spacial score (nSPS) is 12.8. The summed E-state index contributed by atoms with van der Waals surface area (Å²) in [5.74, 6) is -0.342. The maximum Gasteiger partial charge on any atom is 0.259 e. The Labute approximate surface area is 184 Å². The Kier molecular flexibility index (Phi) is 5.79. The summed E-state index contributed by atoms with van der Waals surface area (Å²) in [4.78, 5) is 24.5. The van der Waals surface area contributed by atoms with E-state index in [2.05, 4.69) is 5.32 Å². The first-order valence-electron chi connectivity index (χ1n) is 9.60. The first-order valence-corrected chi connectivity index (χ1v) is 12.1. The van der Waals surface area contributed by atoms with E-state index in [4.69, 9.17) is 5.73 Å². The molecular formula is C24H21N2O3PS. The van der Waals surface area contributed by atoms with Gasteiger partial charge in [0.2, 0.25) is 0 Å². The van der Waals surface area contributed by atoms with Crippen molar-refractivity contribution in [2.45, 2.75) is 6.92 Å². The minimum Gasteiger partial charge on any atom is -0.397 e. The van der Waals surface area contributed by atoms with Gasteiger partial charge in [0.25, 0.3) is 13.3 Å². The van der Waals surface area contributed by atoms with Crippen LogP contribution in [0, 0.1) is 6.92 Å². The van der Waals surface area contributed by atoms with E-state index in [0.29, 0.717) is 22.2 Å². The van der Waals surface area contributed by atoms with Gasteiger partial charge >= 0.3 is 0 Å². The monoisotopic (exact) mass is 448 g/mol. The summed E-state index contributed by atoms with van der Waals surface area (Å²) in [6, 6.07) is 22.6. The molecule has 156 valence electrons. The molecule has 0 aliphatic rings. The third-order valence-corrected chi connectivity index (χ3v) is 8.10. The maximum absolute atomic E-state index is 13.0. The number of amides is 1. The fraction of sp³-hybridized carbons (Fsp3) is 0.0417. The summed E-state index contributed by atoms with van der Waals surface area (Å²) in [5.41, 5.74) is 9.11. The number of carbonyl (C=O) groups is 1. The Bertz CT molecular complexity index is 1280. The maximum atomic E-state index is 13.0. The molecule has 5 nitrogen and oxygen atoms in total. The van der Waals surface area contributed by atoms with Gasteiger partial charge < -0.3 is 15.9 Å². The van der Waals surface area contributed by atoms with E-state index in [1.165, 1.54) is 12.1 Å². The van der Waals surface area contributed by atoms with E-state index in [1.807, 2.05) is 35.7 Å². The van der Waals surface area contributed by atoms with Crippen LogP contribution in [0.4, 0.5) is 11.4 Å². The van der Waals surface area contributed by atoms with Gasteiger partial charge in [-0.05, 0) is 72.0 Å². The molecular weight excluding hydrogens is 427 g/mol. The number of hydrogen-bond donors (Lipinski definition) is 3. The molecule has 0 bridgehead atoms. The molecule has 1 aromatic heterocycles. The molecule has 4 aromatic rings. The lowest BCUT2D eigenvalue weighted by molar-refractivity contribution is 0.102. The smallest absolute Gasteiger partial charge is 0.259 e. The molecule has 4 N–H and O–H groups in total. The predicted octanol–water partition coefficient (Wildman–Crippen LogP) is 4.78. The Balaban J connectivity index is 1.56. The van der Waals surface area contributed by atoms with Gasteiger partial charge in [-0.25, -0.2) is 0 Å². The lowest BCUT2D eigenvalue weighted by Gasteiger charge is -2.15. The molecule has 0 fully saturated rings.